The number of pyridine rings is 1. The van der Waals surface area contributed by atoms with Crippen LogP contribution in [-0.2, 0) is 9.53 Å². The molecule has 1 saturated heterocycles. The highest BCUT2D eigenvalue weighted by Crippen LogP contribution is 2.42. The van der Waals surface area contributed by atoms with E-state index in [1.807, 2.05) is 24.0 Å². The van der Waals surface area contributed by atoms with Gasteiger partial charge in [0.05, 0.1) is 30.4 Å². The van der Waals surface area contributed by atoms with Crippen LogP contribution in [-0.4, -0.2) is 77.8 Å². The van der Waals surface area contributed by atoms with E-state index in [0.29, 0.717) is 37.8 Å². The first-order valence-electron chi connectivity index (χ1n) is 13.1. The monoisotopic (exact) mass is 518 g/mol. The number of likely N-dealkylation sites (tertiary alicyclic amines) is 1. The van der Waals surface area contributed by atoms with Crippen molar-refractivity contribution in [2.24, 2.45) is 0 Å². The summed E-state index contributed by atoms with van der Waals surface area (Å²) < 4.78 is 13.7. The van der Waals surface area contributed by atoms with E-state index in [-0.39, 0.29) is 17.9 Å². The van der Waals surface area contributed by atoms with Crippen LogP contribution in [0.5, 0.6) is 5.75 Å². The molecule has 38 heavy (non-hydrogen) atoms. The highest BCUT2D eigenvalue weighted by Gasteiger charge is 2.30. The van der Waals surface area contributed by atoms with Gasteiger partial charge in [0.1, 0.15) is 12.1 Å². The molecule has 1 atom stereocenters. The Balaban J connectivity index is 1.62. The van der Waals surface area contributed by atoms with E-state index in [0.717, 1.165) is 60.5 Å². The summed E-state index contributed by atoms with van der Waals surface area (Å²) in [5.41, 5.74) is 3.78. The van der Waals surface area contributed by atoms with Gasteiger partial charge in [0.2, 0.25) is 11.9 Å². The van der Waals surface area contributed by atoms with E-state index in [2.05, 4.69) is 26.3 Å². The molecule has 0 saturated carbocycles. The molecule has 200 valence electrons. The molecule has 2 aliphatic rings. The number of nitrogens with one attached hydrogen (secondary N) is 1. The van der Waals surface area contributed by atoms with Gasteiger partial charge < -0.3 is 23.8 Å². The molecule has 2 aromatic heterocycles. The van der Waals surface area contributed by atoms with Crippen LogP contribution in [0.1, 0.15) is 41.4 Å². The summed E-state index contributed by atoms with van der Waals surface area (Å²) in [6, 6.07) is 7.31. The van der Waals surface area contributed by atoms with E-state index >= 15 is 0 Å². The number of methoxy groups -OCH3 is 1. The van der Waals surface area contributed by atoms with Crippen molar-refractivity contribution >= 4 is 34.5 Å². The Labute approximate surface area is 222 Å². The molecule has 1 N–H and O–H groups in total. The van der Waals surface area contributed by atoms with E-state index in [9.17, 15) is 9.59 Å². The van der Waals surface area contributed by atoms with Gasteiger partial charge in [-0.1, -0.05) is 6.58 Å². The van der Waals surface area contributed by atoms with Crippen LogP contribution >= 0.6 is 0 Å². The summed E-state index contributed by atoms with van der Waals surface area (Å²) in [6.45, 7) is 9.32. The Hall–Kier alpha value is -3.92. The second-order valence-corrected chi connectivity index (χ2v) is 9.69. The number of amides is 2. The molecule has 5 rings (SSSR count). The minimum Gasteiger partial charge on any atom is -0.487 e. The van der Waals surface area contributed by atoms with E-state index in [1.165, 1.54) is 6.08 Å². The van der Waals surface area contributed by atoms with Gasteiger partial charge in [0.25, 0.3) is 5.91 Å². The van der Waals surface area contributed by atoms with Crippen molar-refractivity contribution in [1.82, 2.24) is 19.4 Å². The number of carbonyl (C=O) groups is 2. The van der Waals surface area contributed by atoms with Crippen LogP contribution < -0.4 is 15.0 Å². The van der Waals surface area contributed by atoms with Gasteiger partial charge in [0.15, 0.2) is 5.75 Å². The molecule has 10 nitrogen and oxygen atoms in total. The molecule has 0 spiro atoms. The summed E-state index contributed by atoms with van der Waals surface area (Å²) in [6.07, 6.45) is 5.66. The van der Waals surface area contributed by atoms with Crippen molar-refractivity contribution in [2.75, 3.05) is 56.7 Å². The van der Waals surface area contributed by atoms with Crippen molar-refractivity contribution in [2.45, 2.75) is 32.2 Å². The predicted molar refractivity (Wildman–Crippen MR) is 146 cm³/mol. The summed E-state index contributed by atoms with van der Waals surface area (Å²) >= 11 is 0. The number of anilines is 2. The summed E-state index contributed by atoms with van der Waals surface area (Å²) in [4.78, 5) is 39.1. The maximum atomic E-state index is 13.3. The quantitative estimate of drug-likeness (QED) is 0.477. The third-order valence-corrected chi connectivity index (χ3v) is 7.18. The Bertz CT molecular complexity index is 1350. The van der Waals surface area contributed by atoms with Gasteiger partial charge in [-0.15, -0.1) is 0 Å². The van der Waals surface area contributed by atoms with Crippen LogP contribution in [0.2, 0.25) is 0 Å². The highest BCUT2D eigenvalue weighted by atomic mass is 16.5. The minimum atomic E-state index is -0.267. The Kier molecular flexibility index (Phi) is 7.59. The fourth-order valence-corrected chi connectivity index (χ4v) is 5.31. The lowest BCUT2D eigenvalue weighted by Crippen LogP contribution is -2.36. The summed E-state index contributed by atoms with van der Waals surface area (Å²) in [7, 11) is 1.70. The van der Waals surface area contributed by atoms with Gasteiger partial charge in [0, 0.05) is 44.2 Å². The first-order chi connectivity index (χ1) is 18.5. The van der Waals surface area contributed by atoms with Crippen molar-refractivity contribution < 1.29 is 19.1 Å². The zero-order valence-electron chi connectivity index (χ0n) is 22.0. The first-order valence-corrected chi connectivity index (χ1v) is 13.1. The number of fused-ring (bicyclic) bond motifs is 3. The average molecular weight is 519 g/mol. The van der Waals surface area contributed by atoms with Crippen LogP contribution in [0, 0.1) is 6.92 Å². The molecule has 0 bridgehead atoms. The van der Waals surface area contributed by atoms with Gasteiger partial charge in [-0.05, 0) is 56.5 Å². The van der Waals surface area contributed by atoms with Crippen LogP contribution in [0.15, 0.2) is 43.1 Å². The maximum Gasteiger partial charge on any atom is 0.258 e. The molecule has 2 amide bonds. The molecular weight excluding hydrogens is 484 g/mol. The molecule has 0 aliphatic carbocycles. The van der Waals surface area contributed by atoms with Crippen molar-refractivity contribution in [1.29, 1.82) is 0 Å². The number of aryl methyl sites for hydroxylation is 1. The molecule has 0 radical (unpaired) electrons. The van der Waals surface area contributed by atoms with Gasteiger partial charge in [-0.25, -0.2) is 4.98 Å². The Morgan fingerprint density at radius 1 is 1.26 bits per heavy atom. The third kappa shape index (κ3) is 5.08. The summed E-state index contributed by atoms with van der Waals surface area (Å²) in [5, 5.41) is 3.04. The number of aromatic nitrogens is 3. The van der Waals surface area contributed by atoms with E-state index in [4.69, 9.17) is 14.5 Å². The fraction of sp³-hybridized carbons (Fsp3) is 0.429. The Morgan fingerprint density at radius 2 is 2.13 bits per heavy atom. The minimum absolute atomic E-state index is 0.0943. The average Bonchev–Trinajstić information content (AvgIpc) is 3.12. The second-order valence-electron chi connectivity index (χ2n) is 9.69. The molecule has 2 aliphatic heterocycles. The van der Waals surface area contributed by atoms with E-state index < -0.39 is 0 Å². The highest BCUT2D eigenvalue weighted by molar-refractivity contribution is 6.04. The molecular formula is C28H34N6O4. The zero-order valence-corrected chi connectivity index (χ0v) is 22.0. The number of benzene rings is 1. The number of nitrogens with zero attached hydrogens (tertiary/aromatic N) is 5. The lowest BCUT2D eigenvalue weighted by Gasteiger charge is -2.32. The summed E-state index contributed by atoms with van der Waals surface area (Å²) in [5.74, 6) is 0.811. The molecule has 1 fully saturated rings. The van der Waals surface area contributed by atoms with Crippen LogP contribution in [0.25, 0.3) is 11.0 Å². The molecule has 3 aromatic rings. The van der Waals surface area contributed by atoms with Crippen LogP contribution in [0.4, 0.5) is 11.6 Å². The normalized spacial score (nSPS) is 17.5. The van der Waals surface area contributed by atoms with Crippen molar-refractivity contribution in [3.8, 4) is 5.75 Å². The maximum absolute atomic E-state index is 13.3. The zero-order chi connectivity index (χ0) is 26.6. The topological polar surface area (TPSA) is 102 Å². The molecule has 1 aromatic carbocycles. The molecule has 1 unspecified atom stereocenters. The van der Waals surface area contributed by atoms with Crippen molar-refractivity contribution in [3.05, 3.63) is 54.4 Å². The fourth-order valence-electron chi connectivity index (χ4n) is 5.31. The number of hydrogen-bond donors (Lipinski definition) is 1. The lowest BCUT2D eigenvalue weighted by molar-refractivity contribution is -0.126. The number of rotatable bonds is 7. The van der Waals surface area contributed by atoms with Crippen molar-refractivity contribution in [3.63, 3.8) is 0 Å². The number of carbonyl (C=O) groups excluding carboxylic acids is 2. The first kappa shape index (κ1) is 25.7. The lowest BCUT2D eigenvalue weighted by atomic mass is 10.1. The largest absolute Gasteiger partial charge is 0.487 e. The number of hydrogen-bond acceptors (Lipinski definition) is 7. The standard InChI is InChI=1S/C28H34N6O4/c1-4-24(35)33-12-6-5-7-21(18-33)34-25-22(8-9-23-26(25)38-16-14-32(23)13-15-37-3)30-28(34)31-27(36)20-10-11-29-19(2)17-20/h4,8-11,17,21H,1,5-7,12-16,18H2,2-3H3,(H,30,31,36). The molecule has 4 heterocycles. The number of imidazole rings is 1. The Morgan fingerprint density at radius 3 is 2.92 bits per heavy atom. The van der Waals surface area contributed by atoms with Crippen LogP contribution in [0.3, 0.4) is 0 Å². The predicted octanol–water partition coefficient (Wildman–Crippen LogP) is 3.58. The van der Waals surface area contributed by atoms with E-state index in [1.54, 1.807) is 25.4 Å². The second kappa shape index (κ2) is 11.2. The van der Waals surface area contributed by atoms with Gasteiger partial charge >= 0.3 is 0 Å². The van der Waals surface area contributed by atoms with Gasteiger partial charge in [-0.2, -0.15) is 0 Å². The smallest absolute Gasteiger partial charge is 0.258 e. The molecule has 10 heteroatoms. The third-order valence-electron chi connectivity index (χ3n) is 7.18. The number of ether oxygens (including phenoxy) is 2. The SMILES string of the molecule is C=CC(=O)N1CCCCC(n2c(NC(=O)c3ccnc(C)c3)nc3ccc4c(c32)OCCN4CCOC)C1. The van der Waals surface area contributed by atoms with Gasteiger partial charge in [-0.3, -0.25) is 19.9 Å².